The van der Waals surface area contributed by atoms with E-state index in [1.54, 1.807) is 12.4 Å². The van der Waals surface area contributed by atoms with Crippen molar-refractivity contribution in [1.82, 2.24) is 24.7 Å². The minimum atomic E-state index is -0.311. The second-order valence-electron chi connectivity index (χ2n) is 6.81. The summed E-state index contributed by atoms with van der Waals surface area (Å²) in [5.74, 6) is 1.79. The summed E-state index contributed by atoms with van der Waals surface area (Å²) in [5, 5.41) is 9.21. The molecule has 0 radical (unpaired) electrons. The number of benzene rings is 1. The maximum absolute atomic E-state index is 14.0. The van der Waals surface area contributed by atoms with E-state index in [0.717, 1.165) is 43.0 Å². The van der Waals surface area contributed by atoms with Gasteiger partial charge in [0.1, 0.15) is 35.6 Å². The molecule has 0 N–H and O–H groups in total. The number of rotatable bonds is 3. The summed E-state index contributed by atoms with van der Waals surface area (Å²) in [6, 6.07) is 5.35. The first kappa shape index (κ1) is 15.9. The fourth-order valence-electron chi connectivity index (χ4n) is 3.61. The molecule has 1 atom stereocenters. The van der Waals surface area contributed by atoms with E-state index >= 15 is 0 Å². The fraction of sp³-hybridized carbons (Fsp3) is 0.444. The van der Waals surface area contributed by atoms with Gasteiger partial charge >= 0.3 is 0 Å². The molecule has 0 spiro atoms. The number of piperidine rings is 1. The van der Waals surface area contributed by atoms with Crippen LogP contribution in [0.5, 0.6) is 0 Å². The summed E-state index contributed by atoms with van der Waals surface area (Å²) in [7, 11) is 0. The molecule has 0 bridgehead atoms. The van der Waals surface area contributed by atoms with Crippen molar-refractivity contribution < 1.29 is 4.39 Å². The van der Waals surface area contributed by atoms with Gasteiger partial charge in [-0.1, -0.05) is 6.07 Å². The van der Waals surface area contributed by atoms with Crippen molar-refractivity contribution in [2.45, 2.75) is 38.6 Å². The molecular formula is C18H21FN6. The minimum absolute atomic E-state index is 0.289. The average Bonchev–Trinajstić information content (AvgIpc) is 3.12. The molecular weight excluding hydrogens is 319 g/mol. The maximum Gasteiger partial charge on any atom is 0.149 e. The molecule has 130 valence electrons. The van der Waals surface area contributed by atoms with Crippen molar-refractivity contribution in [3.05, 3.63) is 42.5 Å². The fourth-order valence-corrected chi connectivity index (χ4v) is 3.61. The van der Waals surface area contributed by atoms with Crippen LogP contribution in [0.25, 0.3) is 10.9 Å². The molecule has 6 nitrogen and oxygen atoms in total. The number of fused-ring (bicyclic) bond motifs is 1. The minimum Gasteiger partial charge on any atom is -0.355 e. The van der Waals surface area contributed by atoms with Crippen molar-refractivity contribution in [1.29, 1.82) is 0 Å². The number of hydrogen-bond donors (Lipinski definition) is 0. The molecule has 25 heavy (non-hydrogen) atoms. The van der Waals surface area contributed by atoms with Crippen LogP contribution in [0.3, 0.4) is 0 Å². The summed E-state index contributed by atoms with van der Waals surface area (Å²) in [5.41, 5.74) is 0.375. The highest BCUT2D eigenvalue weighted by molar-refractivity contribution is 5.89. The summed E-state index contributed by atoms with van der Waals surface area (Å²) >= 11 is 0. The van der Waals surface area contributed by atoms with Crippen molar-refractivity contribution in [2.24, 2.45) is 0 Å². The van der Waals surface area contributed by atoms with Crippen LogP contribution in [0.4, 0.5) is 10.2 Å². The van der Waals surface area contributed by atoms with E-state index in [0.29, 0.717) is 11.6 Å². The van der Waals surface area contributed by atoms with Crippen LogP contribution < -0.4 is 4.90 Å². The van der Waals surface area contributed by atoms with Crippen LogP contribution in [0, 0.1) is 5.82 Å². The van der Waals surface area contributed by atoms with Gasteiger partial charge in [0.2, 0.25) is 0 Å². The summed E-state index contributed by atoms with van der Waals surface area (Å²) in [6.07, 6.45) is 5.35. The topological polar surface area (TPSA) is 59.7 Å². The molecule has 1 aliphatic rings. The van der Waals surface area contributed by atoms with Gasteiger partial charge in [-0.15, -0.1) is 10.2 Å². The van der Waals surface area contributed by atoms with Gasteiger partial charge in [0.05, 0.1) is 0 Å². The molecule has 0 aliphatic carbocycles. The number of para-hydroxylation sites is 1. The Hall–Kier alpha value is -2.57. The van der Waals surface area contributed by atoms with E-state index in [1.165, 1.54) is 12.4 Å². The van der Waals surface area contributed by atoms with Crippen molar-refractivity contribution >= 4 is 16.7 Å². The second kappa shape index (κ2) is 6.38. The predicted octanol–water partition coefficient (Wildman–Crippen LogP) is 3.33. The van der Waals surface area contributed by atoms with Crippen LogP contribution in [0.1, 0.15) is 44.5 Å². The zero-order valence-corrected chi connectivity index (χ0v) is 14.4. The lowest BCUT2D eigenvalue weighted by Crippen LogP contribution is -2.36. The Labute approximate surface area is 145 Å². The van der Waals surface area contributed by atoms with E-state index in [-0.39, 0.29) is 11.7 Å². The largest absolute Gasteiger partial charge is 0.355 e. The third-order valence-corrected chi connectivity index (χ3v) is 4.84. The van der Waals surface area contributed by atoms with Gasteiger partial charge in [-0.25, -0.2) is 14.4 Å². The average molecular weight is 340 g/mol. The van der Waals surface area contributed by atoms with Gasteiger partial charge in [0.15, 0.2) is 0 Å². The first-order valence-electron chi connectivity index (χ1n) is 8.68. The Balaban J connectivity index is 1.68. The summed E-state index contributed by atoms with van der Waals surface area (Å²) < 4.78 is 16.2. The van der Waals surface area contributed by atoms with Gasteiger partial charge < -0.3 is 9.47 Å². The molecule has 1 unspecified atom stereocenters. The second-order valence-corrected chi connectivity index (χ2v) is 6.81. The molecule has 3 heterocycles. The number of nitrogens with zero attached hydrogens (tertiary/aromatic N) is 6. The number of anilines is 1. The number of hydrogen-bond acceptors (Lipinski definition) is 5. The van der Waals surface area contributed by atoms with Crippen LogP contribution in [0.15, 0.2) is 30.9 Å². The molecule has 4 rings (SSSR count). The summed E-state index contributed by atoms with van der Waals surface area (Å²) in [6.45, 7) is 5.96. The lowest BCUT2D eigenvalue weighted by molar-refractivity contribution is 0.453. The lowest BCUT2D eigenvalue weighted by atomic mass is 9.96. The number of halogens is 1. The Morgan fingerprint density at radius 1 is 1.24 bits per heavy atom. The smallest absolute Gasteiger partial charge is 0.149 e. The third-order valence-electron chi connectivity index (χ3n) is 4.84. The highest BCUT2D eigenvalue weighted by Gasteiger charge is 2.27. The Bertz CT molecular complexity index is 890. The van der Waals surface area contributed by atoms with E-state index in [4.69, 9.17) is 0 Å². The molecule has 7 heteroatoms. The van der Waals surface area contributed by atoms with Gasteiger partial charge in [-0.05, 0) is 38.8 Å². The molecule has 1 saturated heterocycles. The van der Waals surface area contributed by atoms with Crippen LogP contribution >= 0.6 is 0 Å². The number of aromatic nitrogens is 5. The van der Waals surface area contributed by atoms with E-state index in [2.05, 4.69) is 43.5 Å². The molecule has 3 aromatic rings. The standard InChI is InChI=1S/C18H21FN6/c1-12(2)25-11-22-23-17(25)13-5-4-8-24(9-13)18-14-6-3-7-15(19)16(14)20-10-21-18/h3,6-7,10-13H,4-5,8-9H2,1-2H3. The van der Waals surface area contributed by atoms with Gasteiger partial charge in [0.25, 0.3) is 0 Å². The van der Waals surface area contributed by atoms with Crippen molar-refractivity contribution in [3.63, 3.8) is 0 Å². The van der Waals surface area contributed by atoms with Crippen LogP contribution in [-0.2, 0) is 0 Å². The van der Waals surface area contributed by atoms with Gasteiger partial charge in [-0.3, -0.25) is 0 Å². The van der Waals surface area contributed by atoms with E-state index in [1.807, 2.05) is 6.07 Å². The van der Waals surface area contributed by atoms with Crippen LogP contribution in [0.2, 0.25) is 0 Å². The molecule has 0 saturated carbocycles. The summed E-state index contributed by atoms with van der Waals surface area (Å²) in [4.78, 5) is 10.8. The maximum atomic E-state index is 14.0. The van der Waals surface area contributed by atoms with E-state index < -0.39 is 0 Å². The Morgan fingerprint density at radius 3 is 2.96 bits per heavy atom. The SMILES string of the molecule is CC(C)n1cnnc1C1CCCN(c2ncnc3c(F)cccc23)C1. The van der Waals surface area contributed by atoms with Gasteiger partial charge in [-0.2, -0.15) is 0 Å². The zero-order chi connectivity index (χ0) is 17.4. The quantitative estimate of drug-likeness (QED) is 0.732. The Morgan fingerprint density at radius 2 is 2.12 bits per heavy atom. The molecule has 2 aromatic heterocycles. The van der Waals surface area contributed by atoms with E-state index in [9.17, 15) is 4.39 Å². The van der Waals surface area contributed by atoms with Crippen molar-refractivity contribution in [2.75, 3.05) is 18.0 Å². The third kappa shape index (κ3) is 2.83. The molecule has 1 aliphatic heterocycles. The van der Waals surface area contributed by atoms with Gasteiger partial charge in [0, 0.05) is 30.4 Å². The van der Waals surface area contributed by atoms with Crippen LogP contribution in [-0.4, -0.2) is 37.8 Å². The normalized spacial score (nSPS) is 18.2. The molecule has 1 aromatic carbocycles. The highest BCUT2D eigenvalue weighted by Crippen LogP contribution is 2.32. The Kier molecular flexibility index (Phi) is 4.07. The highest BCUT2D eigenvalue weighted by atomic mass is 19.1. The molecule has 0 amide bonds. The predicted molar refractivity (Wildman–Crippen MR) is 94.1 cm³/mol. The monoisotopic (exact) mass is 340 g/mol. The first-order valence-corrected chi connectivity index (χ1v) is 8.68. The molecule has 1 fully saturated rings. The zero-order valence-electron chi connectivity index (χ0n) is 14.4. The first-order chi connectivity index (χ1) is 12.1. The van der Waals surface area contributed by atoms with Crippen molar-refractivity contribution in [3.8, 4) is 0 Å². The lowest BCUT2D eigenvalue weighted by Gasteiger charge is -2.34.